The van der Waals surface area contributed by atoms with Gasteiger partial charge in [-0.1, -0.05) is 19.9 Å². The summed E-state index contributed by atoms with van der Waals surface area (Å²) in [4.78, 5) is 0. The summed E-state index contributed by atoms with van der Waals surface area (Å²) in [6.07, 6.45) is 1.88. The fourth-order valence-electron chi connectivity index (χ4n) is 2.91. The molecule has 1 unspecified atom stereocenters. The Kier molecular flexibility index (Phi) is 3.53. The van der Waals surface area contributed by atoms with Crippen LogP contribution in [0.25, 0.3) is 0 Å². The van der Waals surface area contributed by atoms with Gasteiger partial charge in [0.25, 0.3) is 0 Å². The Balaban J connectivity index is 2.31. The molecule has 3 nitrogen and oxygen atoms in total. The smallest absolute Gasteiger partial charge is 0.128 e. The van der Waals surface area contributed by atoms with E-state index in [4.69, 9.17) is 15.2 Å². The van der Waals surface area contributed by atoms with Crippen molar-refractivity contribution in [3.8, 4) is 11.5 Å². The van der Waals surface area contributed by atoms with Crippen LogP contribution < -0.4 is 15.2 Å². The lowest BCUT2D eigenvalue weighted by atomic mass is 9.83. The number of hydrogen-bond donors (Lipinski definition) is 1. The maximum Gasteiger partial charge on any atom is 0.128 e. The minimum absolute atomic E-state index is 0.0448. The lowest BCUT2D eigenvalue weighted by Gasteiger charge is -2.40. The molecule has 0 aromatic heterocycles. The number of ether oxygens (including phenoxy) is 2. The van der Waals surface area contributed by atoms with Gasteiger partial charge in [-0.3, -0.25) is 0 Å². The maximum atomic E-state index is 6.27. The zero-order valence-electron chi connectivity index (χ0n) is 11.7. The van der Waals surface area contributed by atoms with E-state index in [9.17, 15) is 0 Å². The molecule has 0 bridgehead atoms. The first-order valence-electron chi connectivity index (χ1n) is 6.56. The first kappa shape index (κ1) is 13.2. The van der Waals surface area contributed by atoms with Crippen LogP contribution >= 0.6 is 0 Å². The highest BCUT2D eigenvalue weighted by Crippen LogP contribution is 2.42. The standard InChI is InChI=1S/C15H23NO2/c1-10(2)8-15(3)9-13(16)12-6-5-11(17-4)7-14(12)18-15/h5-7,10,13H,8-9,16H2,1-4H3/t13-,15?/m1/s1. The van der Waals surface area contributed by atoms with Crippen LogP contribution in [0.1, 0.15) is 45.2 Å². The van der Waals surface area contributed by atoms with E-state index in [0.29, 0.717) is 5.92 Å². The summed E-state index contributed by atoms with van der Waals surface area (Å²) in [5.74, 6) is 2.28. The predicted octanol–water partition coefficient (Wildman–Crippen LogP) is 3.28. The molecular formula is C15H23NO2. The molecule has 0 amide bonds. The Bertz CT molecular complexity index is 431. The first-order valence-corrected chi connectivity index (χ1v) is 6.56. The number of benzene rings is 1. The van der Waals surface area contributed by atoms with Gasteiger partial charge in [-0.25, -0.2) is 0 Å². The summed E-state index contributed by atoms with van der Waals surface area (Å²) < 4.78 is 11.4. The van der Waals surface area contributed by atoms with Gasteiger partial charge in [-0.2, -0.15) is 0 Å². The third kappa shape index (κ3) is 2.61. The SMILES string of the molecule is COc1ccc2c(c1)OC(C)(CC(C)C)C[C@H]2N. The number of rotatable bonds is 3. The maximum absolute atomic E-state index is 6.27. The van der Waals surface area contributed by atoms with Crippen molar-refractivity contribution in [2.24, 2.45) is 11.7 Å². The van der Waals surface area contributed by atoms with Crippen LogP contribution in [0.4, 0.5) is 0 Å². The molecule has 100 valence electrons. The first-order chi connectivity index (χ1) is 8.43. The van der Waals surface area contributed by atoms with Crippen molar-refractivity contribution < 1.29 is 9.47 Å². The summed E-state index contributed by atoms with van der Waals surface area (Å²) in [6.45, 7) is 6.57. The van der Waals surface area contributed by atoms with E-state index < -0.39 is 0 Å². The summed E-state index contributed by atoms with van der Waals surface area (Å²) >= 11 is 0. The van der Waals surface area contributed by atoms with E-state index in [2.05, 4.69) is 20.8 Å². The molecule has 1 aromatic carbocycles. The van der Waals surface area contributed by atoms with Gasteiger partial charge in [-0.05, 0) is 25.3 Å². The summed E-state index contributed by atoms with van der Waals surface area (Å²) in [6, 6.07) is 5.93. The highest BCUT2D eigenvalue weighted by atomic mass is 16.5. The zero-order chi connectivity index (χ0) is 13.3. The third-order valence-electron chi connectivity index (χ3n) is 3.47. The molecule has 0 radical (unpaired) electrons. The molecule has 0 aliphatic carbocycles. The molecule has 1 aromatic rings. The van der Waals surface area contributed by atoms with Crippen molar-refractivity contribution in [1.82, 2.24) is 0 Å². The molecule has 2 N–H and O–H groups in total. The lowest BCUT2D eigenvalue weighted by molar-refractivity contribution is 0.0338. The van der Waals surface area contributed by atoms with E-state index in [-0.39, 0.29) is 11.6 Å². The summed E-state index contributed by atoms with van der Waals surface area (Å²) in [7, 11) is 1.66. The lowest BCUT2D eigenvalue weighted by Crippen LogP contribution is -2.41. The molecule has 0 saturated carbocycles. The molecular weight excluding hydrogens is 226 g/mol. The van der Waals surface area contributed by atoms with Crippen molar-refractivity contribution >= 4 is 0 Å². The van der Waals surface area contributed by atoms with Crippen LogP contribution in [0.3, 0.4) is 0 Å². The molecule has 3 heteroatoms. The predicted molar refractivity (Wildman–Crippen MR) is 73.0 cm³/mol. The largest absolute Gasteiger partial charge is 0.497 e. The van der Waals surface area contributed by atoms with Crippen LogP contribution in [0, 0.1) is 5.92 Å². The number of nitrogens with two attached hydrogens (primary N) is 1. The quantitative estimate of drug-likeness (QED) is 0.894. The Morgan fingerprint density at radius 3 is 2.83 bits per heavy atom. The molecule has 18 heavy (non-hydrogen) atoms. The Hall–Kier alpha value is -1.22. The van der Waals surface area contributed by atoms with E-state index in [0.717, 1.165) is 29.9 Å². The van der Waals surface area contributed by atoms with Crippen LogP contribution in [0.2, 0.25) is 0 Å². The molecule has 2 atom stereocenters. The van der Waals surface area contributed by atoms with Crippen LogP contribution in [0.15, 0.2) is 18.2 Å². The molecule has 0 fully saturated rings. The van der Waals surface area contributed by atoms with Gasteiger partial charge < -0.3 is 15.2 Å². The van der Waals surface area contributed by atoms with Crippen molar-refractivity contribution in [3.05, 3.63) is 23.8 Å². The zero-order valence-corrected chi connectivity index (χ0v) is 11.7. The average Bonchev–Trinajstić information content (AvgIpc) is 2.26. The molecule has 2 rings (SSSR count). The normalized spacial score (nSPS) is 26.7. The molecule has 1 aliphatic heterocycles. The van der Waals surface area contributed by atoms with E-state index in [1.54, 1.807) is 7.11 Å². The third-order valence-corrected chi connectivity index (χ3v) is 3.47. The second kappa shape index (κ2) is 4.81. The van der Waals surface area contributed by atoms with Gasteiger partial charge >= 0.3 is 0 Å². The minimum Gasteiger partial charge on any atom is -0.497 e. The van der Waals surface area contributed by atoms with Crippen LogP contribution in [0.5, 0.6) is 11.5 Å². The fourth-order valence-corrected chi connectivity index (χ4v) is 2.91. The van der Waals surface area contributed by atoms with Crippen LogP contribution in [-0.4, -0.2) is 12.7 Å². The minimum atomic E-state index is -0.174. The fraction of sp³-hybridized carbons (Fsp3) is 0.600. The summed E-state index contributed by atoms with van der Waals surface area (Å²) in [5.41, 5.74) is 7.18. The molecule has 0 saturated heterocycles. The monoisotopic (exact) mass is 249 g/mol. The Morgan fingerprint density at radius 2 is 2.22 bits per heavy atom. The highest BCUT2D eigenvalue weighted by molar-refractivity contribution is 5.44. The average molecular weight is 249 g/mol. The van der Waals surface area contributed by atoms with Crippen molar-refractivity contribution in [1.29, 1.82) is 0 Å². The highest BCUT2D eigenvalue weighted by Gasteiger charge is 2.36. The molecule has 1 heterocycles. The van der Waals surface area contributed by atoms with Gasteiger partial charge in [0.1, 0.15) is 17.1 Å². The Labute approximate surface area is 109 Å². The number of methoxy groups -OCH3 is 1. The van der Waals surface area contributed by atoms with Crippen LogP contribution in [-0.2, 0) is 0 Å². The van der Waals surface area contributed by atoms with Crippen molar-refractivity contribution in [2.75, 3.05) is 7.11 Å². The molecule has 1 aliphatic rings. The second-order valence-corrected chi connectivity index (χ2v) is 5.86. The van der Waals surface area contributed by atoms with E-state index >= 15 is 0 Å². The van der Waals surface area contributed by atoms with Gasteiger partial charge in [0.05, 0.1) is 7.11 Å². The number of hydrogen-bond acceptors (Lipinski definition) is 3. The number of fused-ring (bicyclic) bond motifs is 1. The van der Waals surface area contributed by atoms with Gasteiger partial charge in [0.15, 0.2) is 0 Å². The van der Waals surface area contributed by atoms with Crippen molar-refractivity contribution in [3.63, 3.8) is 0 Å². The van der Waals surface area contributed by atoms with E-state index in [1.165, 1.54) is 0 Å². The Morgan fingerprint density at radius 1 is 1.50 bits per heavy atom. The topological polar surface area (TPSA) is 44.5 Å². The van der Waals surface area contributed by atoms with Gasteiger partial charge in [0, 0.05) is 24.1 Å². The van der Waals surface area contributed by atoms with Gasteiger partial charge in [0.2, 0.25) is 0 Å². The second-order valence-electron chi connectivity index (χ2n) is 5.86. The van der Waals surface area contributed by atoms with Crippen molar-refractivity contribution in [2.45, 2.75) is 45.3 Å². The molecule has 0 spiro atoms. The summed E-state index contributed by atoms with van der Waals surface area (Å²) in [5, 5.41) is 0. The van der Waals surface area contributed by atoms with E-state index in [1.807, 2.05) is 18.2 Å². The van der Waals surface area contributed by atoms with Gasteiger partial charge in [-0.15, -0.1) is 0 Å².